The first-order chi connectivity index (χ1) is 18.4. The number of aliphatic hydroxyl groups excluding tert-OH is 2. The number of rotatable bonds is 5. The number of ether oxygens (including phenoxy) is 3. The average Bonchev–Trinajstić information content (AvgIpc) is 2.90. The van der Waals surface area contributed by atoms with Gasteiger partial charge in [0.1, 0.15) is 41.0 Å². The molecule has 3 aromatic carbocycles. The smallest absolute Gasteiger partial charge is 0.190 e. The van der Waals surface area contributed by atoms with Crippen LogP contribution in [-0.4, -0.2) is 85.4 Å². The molecule has 0 spiro atoms. The molecule has 0 saturated carbocycles. The molecule has 2 aliphatic rings. The summed E-state index contributed by atoms with van der Waals surface area (Å²) < 4.78 is 17.1. The van der Waals surface area contributed by atoms with Crippen molar-refractivity contribution < 1.29 is 54.8 Å². The molecule has 12 heteroatoms. The van der Waals surface area contributed by atoms with Gasteiger partial charge in [-0.25, -0.2) is 0 Å². The molecule has 210 valence electrons. The Morgan fingerprint density at radius 1 is 1.10 bits per heavy atom. The molecule has 1 fully saturated rings. The molecule has 0 aromatic heterocycles. The van der Waals surface area contributed by atoms with E-state index in [1.54, 1.807) is 19.1 Å². The van der Waals surface area contributed by atoms with Crippen molar-refractivity contribution in [3.63, 3.8) is 0 Å². The first kappa shape index (κ1) is 27.2. The third kappa shape index (κ3) is 4.11. The highest BCUT2D eigenvalue weighted by atomic mass is 16.7. The van der Waals surface area contributed by atoms with Gasteiger partial charge in [0.05, 0.1) is 41.6 Å². The van der Waals surface area contributed by atoms with Gasteiger partial charge in [0.15, 0.2) is 12.1 Å². The van der Waals surface area contributed by atoms with Gasteiger partial charge in [0, 0.05) is 41.8 Å². The Labute approximate surface area is 222 Å². The SMILES string of the molecule is COc1cccc2c(O)c3c(O)c4c(c(O)c3c(O)c12)[C@@H](O[C@H]1C[C@H](N)[C@H](O)[C@H](C)O1)C[C@](O)(C(=O)CO)C4. The molecule has 9 N–H and O–H groups in total. The molecule has 1 heterocycles. The summed E-state index contributed by atoms with van der Waals surface area (Å²) >= 11 is 0. The lowest BCUT2D eigenvalue weighted by Gasteiger charge is -2.41. The highest BCUT2D eigenvalue weighted by Gasteiger charge is 2.48. The normalized spacial score (nSPS) is 28.9. The largest absolute Gasteiger partial charge is 0.507 e. The topological polar surface area (TPSA) is 212 Å². The first-order valence-electron chi connectivity index (χ1n) is 12.5. The van der Waals surface area contributed by atoms with Gasteiger partial charge in [-0.1, -0.05) is 12.1 Å². The van der Waals surface area contributed by atoms with Crippen molar-refractivity contribution in [2.45, 2.75) is 62.4 Å². The number of carbonyl (C=O) groups excluding carboxylic acids is 1. The van der Waals surface area contributed by atoms with Gasteiger partial charge >= 0.3 is 0 Å². The molecule has 0 unspecified atom stereocenters. The van der Waals surface area contributed by atoms with Crippen molar-refractivity contribution in [1.29, 1.82) is 0 Å². The summed E-state index contributed by atoms with van der Waals surface area (Å²) in [7, 11) is 1.37. The quantitative estimate of drug-likeness (QED) is 0.166. The maximum absolute atomic E-state index is 12.6. The van der Waals surface area contributed by atoms with Crippen molar-refractivity contribution in [1.82, 2.24) is 0 Å². The monoisotopic (exact) mass is 545 g/mol. The number of benzene rings is 3. The Morgan fingerprint density at radius 3 is 2.44 bits per heavy atom. The molecule has 12 nitrogen and oxygen atoms in total. The van der Waals surface area contributed by atoms with E-state index in [9.17, 15) is 40.5 Å². The molecular weight excluding hydrogens is 514 g/mol. The Hall–Kier alpha value is -3.39. The van der Waals surface area contributed by atoms with E-state index >= 15 is 0 Å². The van der Waals surface area contributed by atoms with Gasteiger partial charge in [-0.3, -0.25) is 4.79 Å². The number of Topliss-reactive ketones (excluding diaryl/α,β-unsaturated/α-hetero) is 1. The number of hydrogen-bond acceptors (Lipinski definition) is 12. The summed E-state index contributed by atoms with van der Waals surface area (Å²) in [6.45, 7) is 0.597. The van der Waals surface area contributed by atoms with E-state index in [1.807, 2.05) is 0 Å². The number of phenols is 4. The lowest BCUT2D eigenvalue weighted by Crippen LogP contribution is -2.52. The Kier molecular flexibility index (Phi) is 6.74. The number of hydrogen-bond donors (Lipinski definition) is 8. The van der Waals surface area contributed by atoms with Crippen molar-refractivity contribution in [3.8, 4) is 28.7 Å². The minimum Gasteiger partial charge on any atom is -0.507 e. The number of methoxy groups -OCH3 is 1. The van der Waals surface area contributed by atoms with Crippen LogP contribution in [0.25, 0.3) is 21.5 Å². The number of carbonyl (C=O) groups is 1. The van der Waals surface area contributed by atoms with Gasteiger partial charge in [0.2, 0.25) is 0 Å². The summed E-state index contributed by atoms with van der Waals surface area (Å²) in [5.74, 6) is -2.86. The van der Waals surface area contributed by atoms with E-state index in [4.69, 9.17) is 19.9 Å². The third-order valence-electron chi connectivity index (χ3n) is 7.84. The zero-order chi connectivity index (χ0) is 28.4. The van der Waals surface area contributed by atoms with Gasteiger partial charge in [-0.15, -0.1) is 0 Å². The standard InChI is InChI=1S/C27H31NO11/c1-10-22(31)13(28)6-17(38-10)39-15-8-27(36,16(30)9-29)7-12-19(15)26(35)21-20(24(12)33)23(32)11-4-3-5-14(37-2)18(11)25(21)34/h3-5,10,13,15,17,22,29,31-36H,6-9,28H2,1-2H3/t10-,13-,15-,17-,22+,27-/m0/s1. The minimum absolute atomic E-state index is 0.0396. The molecule has 0 bridgehead atoms. The van der Waals surface area contributed by atoms with Crippen LogP contribution < -0.4 is 10.5 Å². The van der Waals surface area contributed by atoms with Crippen LogP contribution in [0.15, 0.2) is 18.2 Å². The maximum Gasteiger partial charge on any atom is 0.190 e. The van der Waals surface area contributed by atoms with E-state index in [-0.39, 0.29) is 44.8 Å². The van der Waals surface area contributed by atoms with Crippen LogP contribution in [0, 0.1) is 0 Å². The lowest BCUT2D eigenvalue weighted by atomic mass is 9.74. The molecule has 0 radical (unpaired) electrons. The highest BCUT2D eigenvalue weighted by Crippen LogP contribution is 2.57. The summed E-state index contributed by atoms with van der Waals surface area (Å²) in [5, 5.41) is 75.9. The second kappa shape index (κ2) is 9.66. The van der Waals surface area contributed by atoms with E-state index in [1.165, 1.54) is 13.2 Å². The molecule has 5 rings (SSSR count). The molecule has 39 heavy (non-hydrogen) atoms. The van der Waals surface area contributed by atoms with Crippen LogP contribution in [0.4, 0.5) is 0 Å². The number of fused-ring (bicyclic) bond motifs is 3. The Balaban J connectivity index is 1.77. The fourth-order valence-corrected chi connectivity index (χ4v) is 5.79. The molecule has 0 amide bonds. The molecular formula is C27H31NO11. The second-order valence-corrected chi connectivity index (χ2v) is 10.2. The van der Waals surface area contributed by atoms with Crippen molar-refractivity contribution in [2.24, 2.45) is 5.73 Å². The summed E-state index contributed by atoms with van der Waals surface area (Å²) in [6, 6.07) is 3.89. The number of nitrogens with two attached hydrogens (primary N) is 1. The molecule has 1 aliphatic heterocycles. The zero-order valence-corrected chi connectivity index (χ0v) is 21.3. The first-order valence-corrected chi connectivity index (χ1v) is 12.5. The second-order valence-electron chi connectivity index (χ2n) is 10.2. The van der Waals surface area contributed by atoms with Gasteiger partial charge < -0.3 is 55.7 Å². The highest BCUT2D eigenvalue weighted by molar-refractivity contribution is 6.17. The van der Waals surface area contributed by atoms with E-state index in [2.05, 4.69) is 0 Å². The summed E-state index contributed by atoms with van der Waals surface area (Å²) in [6.07, 6.45) is -4.91. The Morgan fingerprint density at radius 2 is 1.79 bits per heavy atom. The molecule has 6 atom stereocenters. The lowest BCUT2D eigenvalue weighted by molar-refractivity contribution is -0.247. The van der Waals surface area contributed by atoms with Crippen LogP contribution in [0.2, 0.25) is 0 Å². The number of aromatic hydroxyl groups is 4. The Bertz CT molecular complexity index is 1460. The van der Waals surface area contributed by atoms with Gasteiger partial charge in [0.25, 0.3) is 0 Å². The maximum atomic E-state index is 12.6. The fraction of sp³-hybridized carbons (Fsp3) is 0.444. The summed E-state index contributed by atoms with van der Waals surface area (Å²) in [5.41, 5.74) is 3.65. The van der Waals surface area contributed by atoms with E-state index in [0.717, 1.165) is 0 Å². The number of phenolic OH excluding ortho intramolecular Hbond substituents is 4. The molecule has 3 aromatic rings. The molecule has 1 aliphatic carbocycles. The van der Waals surface area contributed by atoms with Crippen LogP contribution >= 0.6 is 0 Å². The van der Waals surface area contributed by atoms with E-state index in [0.29, 0.717) is 0 Å². The number of aliphatic hydroxyl groups is 3. The van der Waals surface area contributed by atoms with Crippen LogP contribution in [0.5, 0.6) is 28.7 Å². The average molecular weight is 546 g/mol. The zero-order valence-electron chi connectivity index (χ0n) is 21.3. The van der Waals surface area contributed by atoms with Crippen molar-refractivity contribution >= 4 is 27.3 Å². The van der Waals surface area contributed by atoms with Gasteiger partial charge in [-0.2, -0.15) is 0 Å². The van der Waals surface area contributed by atoms with E-state index < -0.39 is 84.5 Å². The predicted octanol–water partition coefficient (Wildman–Crippen LogP) is 0.944. The van der Waals surface area contributed by atoms with Crippen LogP contribution in [0.1, 0.15) is 37.0 Å². The van der Waals surface area contributed by atoms with Crippen LogP contribution in [-0.2, 0) is 20.7 Å². The van der Waals surface area contributed by atoms with Gasteiger partial charge in [-0.05, 0) is 13.0 Å². The van der Waals surface area contributed by atoms with Crippen molar-refractivity contribution in [2.75, 3.05) is 13.7 Å². The predicted molar refractivity (Wildman–Crippen MR) is 137 cm³/mol. The minimum atomic E-state index is -2.20. The molecule has 1 saturated heterocycles. The fourth-order valence-electron chi connectivity index (χ4n) is 5.79. The third-order valence-corrected chi connectivity index (χ3v) is 7.84. The van der Waals surface area contributed by atoms with Crippen molar-refractivity contribution in [3.05, 3.63) is 29.3 Å². The van der Waals surface area contributed by atoms with Crippen LogP contribution in [0.3, 0.4) is 0 Å². The summed E-state index contributed by atoms with van der Waals surface area (Å²) in [4.78, 5) is 12.6. The number of ketones is 1.